The van der Waals surface area contributed by atoms with Crippen LogP contribution >= 0.6 is 0 Å². The molecule has 0 radical (unpaired) electrons. The zero-order valence-electron chi connectivity index (χ0n) is 13.4. The van der Waals surface area contributed by atoms with Gasteiger partial charge in [-0.2, -0.15) is 4.73 Å². The Labute approximate surface area is 137 Å². The molecule has 0 bridgehead atoms. The summed E-state index contributed by atoms with van der Waals surface area (Å²) in [5, 5.41) is 12.5. The topological polar surface area (TPSA) is 111 Å². The van der Waals surface area contributed by atoms with Gasteiger partial charge in [0.1, 0.15) is 24.5 Å². The molecule has 0 amide bonds. The van der Waals surface area contributed by atoms with Gasteiger partial charge >= 0.3 is 17.6 Å². The fourth-order valence-corrected chi connectivity index (χ4v) is 2.03. The van der Waals surface area contributed by atoms with Gasteiger partial charge in [0.05, 0.1) is 20.3 Å². The number of carbonyl (C=O) groups excluding carboxylic acids is 2. The Kier molecular flexibility index (Phi) is 5.48. The van der Waals surface area contributed by atoms with Crippen LogP contribution in [-0.4, -0.2) is 44.9 Å². The van der Waals surface area contributed by atoms with Gasteiger partial charge in [0.2, 0.25) is 5.52 Å². The highest BCUT2D eigenvalue weighted by Gasteiger charge is 2.28. The summed E-state index contributed by atoms with van der Waals surface area (Å²) >= 11 is 0. The second-order valence-electron chi connectivity index (χ2n) is 4.64. The van der Waals surface area contributed by atoms with Gasteiger partial charge in [-0.05, 0) is 12.1 Å². The first kappa shape index (κ1) is 17.4. The Balaban J connectivity index is 2.51. The van der Waals surface area contributed by atoms with Crippen molar-refractivity contribution in [2.75, 3.05) is 27.9 Å². The number of ether oxygens (including phenoxy) is 4. The average Bonchev–Trinajstić information content (AvgIpc) is 2.59. The van der Waals surface area contributed by atoms with Crippen molar-refractivity contribution in [2.45, 2.75) is 6.61 Å². The third-order valence-electron chi connectivity index (χ3n) is 3.14. The van der Waals surface area contributed by atoms with E-state index in [4.69, 9.17) is 9.47 Å². The Hall–Kier alpha value is -2.94. The van der Waals surface area contributed by atoms with Gasteiger partial charge in [-0.15, -0.1) is 0 Å². The van der Waals surface area contributed by atoms with Crippen LogP contribution in [0.1, 0.15) is 16.2 Å². The largest absolute Gasteiger partial charge is 0.618 e. The molecule has 9 heteroatoms. The van der Waals surface area contributed by atoms with Crippen molar-refractivity contribution >= 4 is 23.0 Å². The molecule has 0 saturated carbocycles. The molecule has 1 aromatic heterocycles. The van der Waals surface area contributed by atoms with Gasteiger partial charge in [0.25, 0.3) is 0 Å². The van der Waals surface area contributed by atoms with E-state index in [-0.39, 0.29) is 30.1 Å². The minimum Gasteiger partial charge on any atom is -0.618 e. The average molecular weight is 336 g/mol. The zero-order chi connectivity index (χ0) is 17.7. The summed E-state index contributed by atoms with van der Waals surface area (Å²) < 4.78 is 19.7. The number of benzene rings is 1. The van der Waals surface area contributed by atoms with Crippen LogP contribution in [0.3, 0.4) is 0 Å². The normalized spacial score (nSPS) is 10.5. The maximum Gasteiger partial charge on any atom is 0.406 e. The monoisotopic (exact) mass is 336 g/mol. The number of fused-ring (bicyclic) bond motifs is 1. The van der Waals surface area contributed by atoms with Crippen molar-refractivity contribution in [2.24, 2.45) is 0 Å². The highest BCUT2D eigenvalue weighted by atomic mass is 16.6. The fourth-order valence-electron chi connectivity index (χ4n) is 2.03. The van der Waals surface area contributed by atoms with E-state index in [9.17, 15) is 14.8 Å². The van der Waals surface area contributed by atoms with Crippen LogP contribution in [0.4, 0.5) is 0 Å². The SMILES string of the molecule is COCC(=O)OCc1nc2ccc(OC)cc2[n+]([O-])c1C(=O)OC. The van der Waals surface area contributed by atoms with E-state index in [1.165, 1.54) is 20.3 Å². The van der Waals surface area contributed by atoms with E-state index in [2.05, 4.69) is 14.5 Å². The molecule has 0 unspecified atom stereocenters. The third kappa shape index (κ3) is 3.51. The number of methoxy groups -OCH3 is 3. The second-order valence-corrected chi connectivity index (χ2v) is 4.64. The van der Waals surface area contributed by atoms with Crippen LogP contribution in [0.15, 0.2) is 18.2 Å². The van der Waals surface area contributed by atoms with E-state index >= 15 is 0 Å². The minimum absolute atomic E-state index is 0.0148. The third-order valence-corrected chi connectivity index (χ3v) is 3.14. The molecule has 0 aliphatic rings. The maximum atomic E-state index is 12.5. The predicted octanol–water partition coefficient (Wildman–Crippen LogP) is 0.353. The molecule has 24 heavy (non-hydrogen) atoms. The summed E-state index contributed by atoms with van der Waals surface area (Å²) in [4.78, 5) is 27.6. The molecular weight excluding hydrogens is 320 g/mol. The lowest BCUT2D eigenvalue weighted by Crippen LogP contribution is -2.38. The highest BCUT2D eigenvalue weighted by Crippen LogP contribution is 2.19. The zero-order valence-corrected chi connectivity index (χ0v) is 13.4. The van der Waals surface area contributed by atoms with Crippen molar-refractivity contribution in [3.05, 3.63) is 34.8 Å². The van der Waals surface area contributed by atoms with E-state index < -0.39 is 11.9 Å². The standard InChI is InChI=1S/C15H16N2O7/c1-21-8-13(18)24-7-11-14(15(19)23-3)17(20)12-6-9(22-2)4-5-10(12)16-11/h4-6H,7-8H2,1-3H3. The van der Waals surface area contributed by atoms with Gasteiger partial charge in [0, 0.05) is 7.11 Å². The Morgan fingerprint density at radius 3 is 2.62 bits per heavy atom. The summed E-state index contributed by atoms with van der Waals surface area (Å²) in [5.41, 5.74) is 0.0698. The first-order valence-electron chi connectivity index (χ1n) is 6.84. The van der Waals surface area contributed by atoms with Gasteiger partial charge in [0.15, 0.2) is 5.69 Å². The molecule has 0 N–H and O–H groups in total. The Bertz CT molecular complexity index is 776. The van der Waals surface area contributed by atoms with Crippen LogP contribution in [-0.2, 0) is 25.6 Å². The quantitative estimate of drug-likeness (QED) is 0.422. The van der Waals surface area contributed by atoms with Crippen LogP contribution < -0.4 is 9.47 Å². The molecule has 0 aliphatic heterocycles. The molecule has 1 heterocycles. The summed E-state index contributed by atoms with van der Waals surface area (Å²) in [6, 6.07) is 4.63. The van der Waals surface area contributed by atoms with Crippen LogP contribution in [0.25, 0.3) is 11.0 Å². The molecule has 9 nitrogen and oxygen atoms in total. The van der Waals surface area contributed by atoms with Crippen molar-refractivity contribution < 1.29 is 33.3 Å². The van der Waals surface area contributed by atoms with Gasteiger partial charge in [-0.3, -0.25) is 0 Å². The number of nitrogens with zero attached hydrogens (tertiary/aromatic N) is 2. The van der Waals surface area contributed by atoms with E-state index in [0.717, 1.165) is 7.11 Å². The lowest BCUT2D eigenvalue weighted by molar-refractivity contribution is -0.581. The van der Waals surface area contributed by atoms with Gasteiger partial charge in [-0.25, -0.2) is 14.6 Å². The maximum absolute atomic E-state index is 12.5. The number of esters is 2. The lowest BCUT2D eigenvalue weighted by Gasteiger charge is -2.11. The number of hydrogen-bond donors (Lipinski definition) is 0. The molecule has 0 spiro atoms. The van der Waals surface area contributed by atoms with E-state index in [0.29, 0.717) is 16.0 Å². The summed E-state index contributed by atoms with van der Waals surface area (Å²) in [5.74, 6) is -1.11. The van der Waals surface area contributed by atoms with E-state index in [1.807, 2.05) is 0 Å². The van der Waals surface area contributed by atoms with Crippen LogP contribution in [0.5, 0.6) is 5.75 Å². The minimum atomic E-state index is -0.889. The summed E-state index contributed by atoms with van der Waals surface area (Å²) in [6.45, 7) is -0.619. The molecule has 0 atom stereocenters. The van der Waals surface area contributed by atoms with Crippen LogP contribution in [0.2, 0.25) is 0 Å². The van der Waals surface area contributed by atoms with E-state index in [1.54, 1.807) is 12.1 Å². The molecule has 1 aromatic carbocycles. The van der Waals surface area contributed by atoms with Gasteiger partial charge < -0.3 is 24.2 Å². The highest BCUT2D eigenvalue weighted by molar-refractivity contribution is 5.88. The first-order valence-corrected chi connectivity index (χ1v) is 6.84. The fraction of sp³-hybridized carbons (Fsp3) is 0.333. The summed E-state index contributed by atoms with van der Waals surface area (Å²) in [6.07, 6.45) is 0. The summed E-state index contributed by atoms with van der Waals surface area (Å²) in [7, 11) is 3.93. The Morgan fingerprint density at radius 1 is 1.25 bits per heavy atom. The predicted molar refractivity (Wildman–Crippen MR) is 80.3 cm³/mol. The molecule has 128 valence electrons. The Morgan fingerprint density at radius 2 is 2.00 bits per heavy atom. The molecule has 0 fully saturated rings. The van der Waals surface area contributed by atoms with Crippen molar-refractivity contribution in [3.63, 3.8) is 0 Å². The molecular formula is C15H16N2O7. The van der Waals surface area contributed by atoms with Crippen molar-refractivity contribution in [1.82, 2.24) is 4.98 Å². The second kappa shape index (κ2) is 7.55. The van der Waals surface area contributed by atoms with Crippen molar-refractivity contribution in [3.8, 4) is 5.75 Å². The number of hydrogen-bond acceptors (Lipinski definition) is 8. The number of aromatic nitrogens is 2. The first-order chi connectivity index (χ1) is 11.5. The lowest BCUT2D eigenvalue weighted by atomic mass is 10.2. The van der Waals surface area contributed by atoms with Gasteiger partial charge in [-0.1, -0.05) is 0 Å². The number of rotatable bonds is 6. The number of carbonyl (C=O) groups is 2. The molecule has 2 aromatic rings. The van der Waals surface area contributed by atoms with Crippen molar-refractivity contribution in [1.29, 1.82) is 0 Å². The smallest absolute Gasteiger partial charge is 0.406 e. The molecule has 0 aliphatic carbocycles. The van der Waals surface area contributed by atoms with Crippen LogP contribution in [0, 0.1) is 5.21 Å². The molecule has 0 saturated heterocycles. The molecule has 2 rings (SSSR count).